The molecule has 1 fully saturated rings. The van der Waals surface area contributed by atoms with E-state index in [4.69, 9.17) is 9.47 Å². The molecule has 11 heteroatoms. The molecule has 2 aromatic rings. The Morgan fingerprint density at radius 3 is 2.39 bits per heavy atom. The smallest absolute Gasteiger partial charge is 0.255 e. The van der Waals surface area contributed by atoms with Crippen molar-refractivity contribution in [2.24, 2.45) is 0 Å². The minimum atomic E-state index is -1.12. The fraction of sp³-hybridized carbons (Fsp3) is 0.467. The fourth-order valence-electron chi connectivity index (χ4n) is 5.01. The molecule has 2 aliphatic heterocycles. The summed E-state index contributed by atoms with van der Waals surface area (Å²) in [6.07, 6.45) is -0.0202. The van der Waals surface area contributed by atoms with Gasteiger partial charge in [0.1, 0.15) is 24.4 Å². The van der Waals surface area contributed by atoms with E-state index in [2.05, 4.69) is 15.5 Å². The molecule has 0 bridgehead atoms. The van der Waals surface area contributed by atoms with Crippen molar-refractivity contribution in [1.82, 2.24) is 25.3 Å². The molecule has 0 saturated carbocycles. The first-order valence-electron chi connectivity index (χ1n) is 14.0. The normalized spacial score (nSPS) is 21.3. The second-order valence-electron chi connectivity index (χ2n) is 10.3. The lowest BCUT2D eigenvalue weighted by molar-refractivity contribution is -0.138. The van der Waals surface area contributed by atoms with Crippen LogP contribution in [0.5, 0.6) is 5.75 Å². The lowest BCUT2D eigenvalue weighted by Crippen LogP contribution is -2.57. The summed E-state index contributed by atoms with van der Waals surface area (Å²) >= 11 is 0. The third-order valence-corrected chi connectivity index (χ3v) is 7.40. The highest BCUT2D eigenvalue weighted by molar-refractivity contribution is 6.01. The van der Waals surface area contributed by atoms with Gasteiger partial charge in [-0.3, -0.25) is 24.1 Å². The van der Waals surface area contributed by atoms with Crippen molar-refractivity contribution in [3.63, 3.8) is 0 Å². The van der Waals surface area contributed by atoms with Gasteiger partial charge in [0.25, 0.3) is 5.91 Å². The van der Waals surface area contributed by atoms with E-state index in [-0.39, 0.29) is 43.4 Å². The Balaban J connectivity index is 1.57. The number of carbonyl (C=O) groups excluding carboxylic acids is 4. The van der Waals surface area contributed by atoms with Crippen LogP contribution < -0.4 is 15.4 Å². The predicted molar refractivity (Wildman–Crippen MR) is 152 cm³/mol. The third kappa shape index (κ3) is 8.27. The van der Waals surface area contributed by atoms with Crippen molar-refractivity contribution in [2.45, 2.75) is 24.9 Å². The summed E-state index contributed by atoms with van der Waals surface area (Å²) in [6, 6.07) is 14.2. The number of likely N-dealkylation sites (N-methyl/N-ethyl adjacent to an activating group) is 1. The highest BCUT2D eigenvalue weighted by Gasteiger charge is 2.33. The summed E-state index contributed by atoms with van der Waals surface area (Å²) in [6.45, 7) is 4.04. The minimum absolute atomic E-state index is 0.147. The second kappa shape index (κ2) is 14.6. The molecule has 2 heterocycles. The number of methoxy groups -OCH3 is 1. The molecule has 0 unspecified atom stereocenters. The number of ether oxygens (including phenoxy) is 2. The molecular formula is C30H39N5O6. The van der Waals surface area contributed by atoms with Crippen molar-refractivity contribution in [1.29, 1.82) is 0 Å². The molecule has 2 aliphatic rings. The van der Waals surface area contributed by atoms with E-state index >= 15 is 0 Å². The monoisotopic (exact) mass is 565 g/mol. The largest absolute Gasteiger partial charge is 0.491 e. The van der Waals surface area contributed by atoms with Crippen molar-refractivity contribution < 1.29 is 28.7 Å². The van der Waals surface area contributed by atoms with Crippen LogP contribution in [0.3, 0.4) is 0 Å². The maximum absolute atomic E-state index is 13.7. The second-order valence-corrected chi connectivity index (χ2v) is 10.3. The van der Waals surface area contributed by atoms with Gasteiger partial charge in [-0.25, -0.2) is 0 Å². The van der Waals surface area contributed by atoms with Gasteiger partial charge in [-0.05, 0) is 17.7 Å². The Morgan fingerprint density at radius 1 is 0.951 bits per heavy atom. The number of hydrogen-bond donors (Lipinski definition) is 2. The van der Waals surface area contributed by atoms with E-state index in [0.717, 1.165) is 12.1 Å². The van der Waals surface area contributed by atoms with Crippen molar-refractivity contribution in [2.75, 3.05) is 66.6 Å². The highest BCUT2D eigenvalue weighted by atomic mass is 16.5. The highest BCUT2D eigenvalue weighted by Crippen LogP contribution is 2.19. The zero-order chi connectivity index (χ0) is 29.2. The number of nitrogens with one attached hydrogen (secondary N) is 2. The minimum Gasteiger partial charge on any atom is -0.491 e. The molecule has 2 aromatic carbocycles. The molecule has 4 rings (SSSR count). The number of benzene rings is 2. The summed E-state index contributed by atoms with van der Waals surface area (Å²) in [4.78, 5) is 59.3. The van der Waals surface area contributed by atoms with Crippen LogP contribution >= 0.6 is 0 Å². The first kappa shape index (κ1) is 30.0. The molecule has 2 N–H and O–H groups in total. The summed E-state index contributed by atoms with van der Waals surface area (Å²) in [5.74, 6) is -1.27. The molecule has 0 aliphatic carbocycles. The number of fused-ring (bicyclic) bond motifs is 1. The predicted octanol–water partition coefficient (Wildman–Crippen LogP) is 0.544. The number of para-hydroxylation sites is 1. The van der Waals surface area contributed by atoms with Crippen LogP contribution in [-0.4, -0.2) is 117 Å². The van der Waals surface area contributed by atoms with Crippen molar-refractivity contribution >= 4 is 23.6 Å². The van der Waals surface area contributed by atoms with Gasteiger partial charge in [-0.1, -0.05) is 42.5 Å². The maximum Gasteiger partial charge on any atom is 0.255 e. The topological polar surface area (TPSA) is 121 Å². The Kier molecular flexibility index (Phi) is 10.7. The van der Waals surface area contributed by atoms with Gasteiger partial charge in [-0.15, -0.1) is 0 Å². The number of hydrogen-bond acceptors (Lipinski definition) is 7. The molecule has 1 saturated heterocycles. The van der Waals surface area contributed by atoms with Crippen LogP contribution in [-0.2, 0) is 25.5 Å². The zero-order valence-electron chi connectivity index (χ0n) is 23.7. The van der Waals surface area contributed by atoms with E-state index < -0.39 is 23.9 Å². The van der Waals surface area contributed by atoms with Crippen molar-refractivity contribution in [3.05, 3.63) is 65.7 Å². The molecule has 0 radical (unpaired) electrons. The SMILES string of the molecule is COCCN1CCN(C(=O)[C@@H]2CC(=O)N[C@@H](Cc3ccccc3)C(=O)N(C)CCOc3ccccc3C(=O)N2)CC1. The molecule has 11 nitrogen and oxygen atoms in total. The van der Waals surface area contributed by atoms with Gasteiger partial charge in [0.05, 0.1) is 25.1 Å². The van der Waals surface area contributed by atoms with Gasteiger partial charge in [0.15, 0.2) is 0 Å². The van der Waals surface area contributed by atoms with Gasteiger partial charge in [0.2, 0.25) is 17.7 Å². The maximum atomic E-state index is 13.7. The van der Waals surface area contributed by atoms with Gasteiger partial charge < -0.3 is 29.9 Å². The zero-order valence-corrected chi connectivity index (χ0v) is 23.7. The molecule has 0 spiro atoms. The molecule has 0 aromatic heterocycles. The summed E-state index contributed by atoms with van der Waals surface area (Å²) in [7, 11) is 3.30. The van der Waals surface area contributed by atoms with Crippen LogP contribution in [0.2, 0.25) is 0 Å². The van der Waals surface area contributed by atoms with Crippen LogP contribution in [0.15, 0.2) is 54.6 Å². The molecule has 220 valence electrons. The number of rotatable bonds is 6. The van der Waals surface area contributed by atoms with Crippen molar-refractivity contribution in [3.8, 4) is 5.75 Å². The standard InChI is InChI=1S/C30H39N5O6/c1-33-16-19-41-26-11-7-6-10-23(26)28(37)32-25(30(39)35-14-12-34(13-15-35)17-18-40-2)21-27(36)31-24(29(33)38)20-22-8-4-3-5-9-22/h3-11,24-25H,12-21H2,1-2H3,(H,31,36)(H,32,37)/t24-,25-/m0/s1. The van der Waals surface area contributed by atoms with E-state index in [9.17, 15) is 19.2 Å². The summed E-state index contributed by atoms with van der Waals surface area (Å²) in [5.41, 5.74) is 1.14. The van der Waals surface area contributed by atoms with Crippen LogP contribution in [0.25, 0.3) is 0 Å². The Morgan fingerprint density at radius 2 is 1.66 bits per heavy atom. The van der Waals surface area contributed by atoms with Gasteiger partial charge >= 0.3 is 0 Å². The number of amides is 4. The first-order valence-corrected chi connectivity index (χ1v) is 14.0. The van der Waals surface area contributed by atoms with Gasteiger partial charge in [-0.2, -0.15) is 0 Å². The Hall–Kier alpha value is -3.96. The van der Waals surface area contributed by atoms with E-state index in [1.807, 2.05) is 30.3 Å². The van der Waals surface area contributed by atoms with Crippen LogP contribution in [0.4, 0.5) is 0 Å². The lowest BCUT2D eigenvalue weighted by atomic mass is 10.0. The number of piperazine rings is 1. The van der Waals surface area contributed by atoms with Gasteiger partial charge in [0, 0.05) is 53.3 Å². The lowest BCUT2D eigenvalue weighted by Gasteiger charge is -2.36. The summed E-state index contributed by atoms with van der Waals surface area (Å²) in [5, 5.41) is 5.62. The molecule has 2 atom stereocenters. The quantitative estimate of drug-likeness (QED) is 0.525. The molecule has 4 amide bonds. The number of carbonyl (C=O) groups is 4. The van der Waals surface area contributed by atoms with Crippen LogP contribution in [0.1, 0.15) is 22.3 Å². The fourth-order valence-corrected chi connectivity index (χ4v) is 5.01. The van der Waals surface area contributed by atoms with Crippen LogP contribution in [0, 0.1) is 0 Å². The summed E-state index contributed by atoms with van der Waals surface area (Å²) < 4.78 is 11.1. The number of nitrogens with zero attached hydrogens (tertiary/aromatic N) is 3. The average Bonchev–Trinajstić information content (AvgIpc) is 2.99. The Labute approximate surface area is 240 Å². The van der Waals surface area contributed by atoms with E-state index in [1.54, 1.807) is 43.3 Å². The first-order chi connectivity index (χ1) is 19.9. The Bertz CT molecular complexity index is 1200. The molecular weight excluding hydrogens is 526 g/mol. The van der Waals surface area contributed by atoms with E-state index in [0.29, 0.717) is 38.5 Å². The average molecular weight is 566 g/mol. The van der Waals surface area contributed by atoms with E-state index in [1.165, 1.54) is 4.90 Å². The molecule has 41 heavy (non-hydrogen) atoms. The third-order valence-electron chi connectivity index (χ3n) is 7.40.